The number of aromatic nitrogens is 2. The van der Waals surface area contributed by atoms with Gasteiger partial charge in [0.25, 0.3) is 11.5 Å². The van der Waals surface area contributed by atoms with E-state index in [1.165, 1.54) is 10.9 Å². The Hall–Kier alpha value is -4.14. The van der Waals surface area contributed by atoms with E-state index in [0.717, 1.165) is 5.56 Å². The first-order valence-electron chi connectivity index (χ1n) is 11.6. The molecule has 9 nitrogen and oxygen atoms in total. The summed E-state index contributed by atoms with van der Waals surface area (Å²) in [6, 6.07) is 16.6. The van der Waals surface area contributed by atoms with Crippen molar-refractivity contribution in [1.82, 2.24) is 19.6 Å². The van der Waals surface area contributed by atoms with Crippen LogP contribution in [-0.2, 0) is 11.3 Å². The number of carbonyl (C=O) groups is 2. The van der Waals surface area contributed by atoms with Gasteiger partial charge in [-0.3, -0.25) is 14.4 Å². The molecule has 2 heterocycles. The smallest absolute Gasteiger partial charge is 0.294 e. The van der Waals surface area contributed by atoms with E-state index in [9.17, 15) is 14.4 Å². The first-order chi connectivity index (χ1) is 17.0. The van der Waals surface area contributed by atoms with Gasteiger partial charge in [-0.2, -0.15) is 5.10 Å². The molecule has 4 rings (SSSR count). The van der Waals surface area contributed by atoms with E-state index in [1.807, 2.05) is 37.3 Å². The van der Waals surface area contributed by atoms with Crippen LogP contribution in [0.5, 0.6) is 5.75 Å². The average molecular weight is 476 g/mol. The van der Waals surface area contributed by atoms with E-state index in [4.69, 9.17) is 4.74 Å². The van der Waals surface area contributed by atoms with E-state index in [1.54, 1.807) is 41.0 Å². The molecular formula is C26H29N5O4. The molecule has 0 aliphatic carbocycles. The highest BCUT2D eigenvalue weighted by Gasteiger charge is 2.23. The number of hydrogen-bond donors (Lipinski definition) is 1. The molecule has 0 bridgehead atoms. The predicted molar refractivity (Wildman–Crippen MR) is 133 cm³/mol. The van der Waals surface area contributed by atoms with Crippen LogP contribution in [0.2, 0.25) is 0 Å². The van der Waals surface area contributed by atoms with Gasteiger partial charge < -0.3 is 19.9 Å². The number of piperazine rings is 1. The molecule has 1 fully saturated rings. The van der Waals surface area contributed by atoms with Crippen LogP contribution in [0.25, 0.3) is 0 Å². The Labute approximate surface area is 203 Å². The number of benzene rings is 2. The standard InChI is InChI=1S/C26H29N5O4/c1-3-35-23-17-27-31(18-20-7-5-4-6-8-20)26(34)24(23)28-22-11-9-21(10-12-22)25(33)30-15-13-29(14-16-30)19(2)32/h4-12,17,28H,3,13-16,18H2,1-2H3. The van der Waals surface area contributed by atoms with Gasteiger partial charge in [-0.05, 0) is 36.8 Å². The van der Waals surface area contributed by atoms with Gasteiger partial charge in [0.05, 0.1) is 19.3 Å². The molecule has 1 aromatic heterocycles. The summed E-state index contributed by atoms with van der Waals surface area (Å²) >= 11 is 0. The summed E-state index contributed by atoms with van der Waals surface area (Å²) in [5.74, 6) is 0.312. The number of nitrogens with one attached hydrogen (secondary N) is 1. The molecule has 1 aliphatic rings. The van der Waals surface area contributed by atoms with Crippen LogP contribution >= 0.6 is 0 Å². The van der Waals surface area contributed by atoms with E-state index in [0.29, 0.717) is 56.3 Å². The Morgan fingerprint density at radius 2 is 1.63 bits per heavy atom. The lowest BCUT2D eigenvalue weighted by molar-refractivity contribution is -0.130. The van der Waals surface area contributed by atoms with Crippen LogP contribution in [0, 0.1) is 0 Å². The van der Waals surface area contributed by atoms with Crippen LogP contribution in [0.1, 0.15) is 29.8 Å². The van der Waals surface area contributed by atoms with Crippen LogP contribution < -0.4 is 15.6 Å². The van der Waals surface area contributed by atoms with Crippen molar-refractivity contribution in [2.24, 2.45) is 0 Å². The lowest BCUT2D eigenvalue weighted by Gasteiger charge is -2.34. The fourth-order valence-electron chi connectivity index (χ4n) is 3.97. The molecule has 3 aromatic rings. The zero-order valence-electron chi connectivity index (χ0n) is 19.9. The maximum Gasteiger partial charge on any atom is 0.294 e. The van der Waals surface area contributed by atoms with Gasteiger partial charge in [0.15, 0.2) is 11.4 Å². The molecule has 1 N–H and O–H groups in total. The van der Waals surface area contributed by atoms with E-state index in [2.05, 4.69) is 10.4 Å². The molecule has 1 aliphatic heterocycles. The van der Waals surface area contributed by atoms with Crippen molar-refractivity contribution in [2.75, 3.05) is 38.1 Å². The first kappa shape index (κ1) is 24.0. The molecule has 1 saturated heterocycles. The van der Waals surface area contributed by atoms with Gasteiger partial charge >= 0.3 is 0 Å². The van der Waals surface area contributed by atoms with Crippen LogP contribution in [0.4, 0.5) is 11.4 Å². The average Bonchev–Trinajstić information content (AvgIpc) is 2.88. The molecule has 0 saturated carbocycles. The van der Waals surface area contributed by atoms with Gasteiger partial charge in [0.2, 0.25) is 5.91 Å². The molecule has 35 heavy (non-hydrogen) atoms. The second kappa shape index (κ2) is 10.9. The van der Waals surface area contributed by atoms with Crippen molar-refractivity contribution in [1.29, 1.82) is 0 Å². The minimum Gasteiger partial charge on any atom is -0.490 e. The Morgan fingerprint density at radius 1 is 0.971 bits per heavy atom. The number of hydrogen-bond acceptors (Lipinski definition) is 6. The Morgan fingerprint density at radius 3 is 2.26 bits per heavy atom. The summed E-state index contributed by atoms with van der Waals surface area (Å²) < 4.78 is 7.02. The second-order valence-electron chi connectivity index (χ2n) is 8.27. The Bertz CT molecular complexity index is 1230. The Balaban J connectivity index is 1.50. The minimum atomic E-state index is -0.303. The quantitative estimate of drug-likeness (QED) is 0.565. The summed E-state index contributed by atoms with van der Waals surface area (Å²) in [5, 5.41) is 7.41. The molecule has 2 amide bonds. The number of rotatable bonds is 7. The minimum absolute atomic E-state index is 0.0258. The third-order valence-electron chi connectivity index (χ3n) is 5.90. The van der Waals surface area contributed by atoms with Crippen LogP contribution in [0.15, 0.2) is 65.6 Å². The molecule has 0 unspecified atom stereocenters. The van der Waals surface area contributed by atoms with E-state index < -0.39 is 0 Å². The normalized spacial score (nSPS) is 13.4. The highest BCUT2D eigenvalue weighted by atomic mass is 16.5. The van der Waals surface area contributed by atoms with Crippen molar-refractivity contribution in [3.05, 3.63) is 82.3 Å². The third-order valence-corrected chi connectivity index (χ3v) is 5.90. The zero-order chi connectivity index (χ0) is 24.8. The van der Waals surface area contributed by atoms with E-state index >= 15 is 0 Å². The molecule has 0 atom stereocenters. The molecule has 2 aromatic carbocycles. The molecule has 0 radical (unpaired) electrons. The van der Waals surface area contributed by atoms with Crippen molar-refractivity contribution < 1.29 is 14.3 Å². The fourth-order valence-corrected chi connectivity index (χ4v) is 3.97. The number of carbonyl (C=O) groups excluding carboxylic acids is 2. The topological polar surface area (TPSA) is 96.8 Å². The summed E-state index contributed by atoms with van der Waals surface area (Å²) in [5.41, 5.74) is 2.15. The summed E-state index contributed by atoms with van der Waals surface area (Å²) in [6.07, 6.45) is 1.54. The molecular weight excluding hydrogens is 446 g/mol. The van der Waals surface area contributed by atoms with E-state index in [-0.39, 0.29) is 23.1 Å². The van der Waals surface area contributed by atoms with Crippen molar-refractivity contribution in [3.63, 3.8) is 0 Å². The maximum absolute atomic E-state index is 13.2. The first-order valence-corrected chi connectivity index (χ1v) is 11.6. The number of nitrogens with zero attached hydrogens (tertiary/aromatic N) is 4. The van der Waals surface area contributed by atoms with Crippen LogP contribution in [-0.4, -0.2) is 64.2 Å². The highest BCUT2D eigenvalue weighted by Crippen LogP contribution is 2.24. The van der Waals surface area contributed by atoms with Gasteiger partial charge in [-0.1, -0.05) is 30.3 Å². The molecule has 9 heteroatoms. The highest BCUT2D eigenvalue weighted by molar-refractivity contribution is 5.94. The second-order valence-corrected chi connectivity index (χ2v) is 8.27. The van der Waals surface area contributed by atoms with Crippen molar-refractivity contribution in [3.8, 4) is 5.75 Å². The van der Waals surface area contributed by atoms with Crippen molar-refractivity contribution in [2.45, 2.75) is 20.4 Å². The fraction of sp³-hybridized carbons (Fsp3) is 0.308. The maximum atomic E-state index is 13.2. The summed E-state index contributed by atoms with van der Waals surface area (Å²) in [7, 11) is 0. The SMILES string of the molecule is CCOc1cnn(Cc2ccccc2)c(=O)c1Nc1ccc(C(=O)N2CCN(C(C)=O)CC2)cc1. The third kappa shape index (κ3) is 5.68. The Kier molecular flexibility index (Phi) is 7.45. The summed E-state index contributed by atoms with van der Waals surface area (Å²) in [6.45, 7) is 6.21. The molecule has 182 valence electrons. The van der Waals surface area contributed by atoms with Gasteiger partial charge in [-0.15, -0.1) is 0 Å². The number of ether oxygens (including phenoxy) is 1. The van der Waals surface area contributed by atoms with Crippen LogP contribution in [0.3, 0.4) is 0 Å². The van der Waals surface area contributed by atoms with Crippen molar-refractivity contribution >= 4 is 23.2 Å². The molecule has 0 spiro atoms. The number of amides is 2. The number of anilines is 2. The van der Waals surface area contributed by atoms with Gasteiger partial charge in [0, 0.05) is 44.4 Å². The van der Waals surface area contributed by atoms with Gasteiger partial charge in [-0.25, -0.2) is 4.68 Å². The van der Waals surface area contributed by atoms with Gasteiger partial charge in [0.1, 0.15) is 0 Å². The monoisotopic (exact) mass is 475 g/mol. The zero-order valence-corrected chi connectivity index (χ0v) is 19.9. The summed E-state index contributed by atoms with van der Waals surface area (Å²) in [4.78, 5) is 41.1. The predicted octanol–water partition coefficient (Wildman–Crippen LogP) is 2.74. The lowest BCUT2D eigenvalue weighted by atomic mass is 10.1. The largest absolute Gasteiger partial charge is 0.490 e. The lowest BCUT2D eigenvalue weighted by Crippen LogP contribution is -2.50.